The Morgan fingerprint density at radius 2 is 1.97 bits per heavy atom. The van der Waals surface area contributed by atoms with Gasteiger partial charge in [0.25, 0.3) is 5.56 Å². The van der Waals surface area contributed by atoms with Crippen LogP contribution in [0.1, 0.15) is 81.3 Å². The minimum atomic E-state index is -0.226. The first-order chi connectivity index (χ1) is 16.7. The Labute approximate surface area is 206 Å². The zero-order valence-corrected chi connectivity index (χ0v) is 21.6. The Kier molecular flexibility index (Phi) is 7.21. The van der Waals surface area contributed by atoms with E-state index in [1.807, 2.05) is 35.9 Å². The average Bonchev–Trinajstić information content (AvgIpc) is 3.50. The fourth-order valence-corrected chi connectivity index (χ4v) is 4.66. The lowest BCUT2D eigenvalue weighted by Gasteiger charge is -2.33. The highest BCUT2D eigenvalue weighted by Crippen LogP contribution is 2.31. The second-order valence-corrected chi connectivity index (χ2v) is 10.1. The fourth-order valence-electron chi connectivity index (χ4n) is 4.66. The molecule has 0 aliphatic heterocycles. The van der Waals surface area contributed by atoms with Crippen molar-refractivity contribution in [1.82, 2.24) is 30.1 Å². The van der Waals surface area contributed by atoms with Gasteiger partial charge in [-0.1, -0.05) is 26.3 Å². The molecule has 8 heteroatoms. The van der Waals surface area contributed by atoms with Crippen LogP contribution in [0.5, 0.6) is 0 Å². The van der Waals surface area contributed by atoms with E-state index in [4.69, 9.17) is 4.42 Å². The highest BCUT2D eigenvalue weighted by Gasteiger charge is 2.32. The maximum absolute atomic E-state index is 13.2. The van der Waals surface area contributed by atoms with E-state index in [0.717, 1.165) is 52.9 Å². The van der Waals surface area contributed by atoms with Crippen LogP contribution in [0, 0.1) is 13.8 Å². The number of hydrogen-bond donors (Lipinski definition) is 1. The summed E-state index contributed by atoms with van der Waals surface area (Å²) in [6, 6.07) is 9.97. The quantitative estimate of drug-likeness (QED) is 0.329. The van der Waals surface area contributed by atoms with Gasteiger partial charge in [-0.05, 0) is 86.4 Å². The van der Waals surface area contributed by atoms with Crippen molar-refractivity contribution in [3.8, 4) is 0 Å². The molecule has 4 rings (SSSR count). The number of nitrogens with zero attached hydrogens (tertiary/aromatic N) is 5. The van der Waals surface area contributed by atoms with Gasteiger partial charge in [-0.2, -0.15) is 0 Å². The van der Waals surface area contributed by atoms with Gasteiger partial charge in [0.05, 0.1) is 24.4 Å². The van der Waals surface area contributed by atoms with E-state index in [2.05, 4.69) is 66.1 Å². The average molecular weight is 477 g/mol. The minimum absolute atomic E-state index is 0.0735. The summed E-state index contributed by atoms with van der Waals surface area (Å²) in [5.74, 6) is 1.65. The van der Waals surface area contributed by atoms with Crippen molar-refractivity contribution in [1.29, 1.82) is 0 Å². The van der Waals surface area contributed by atoms with Gasteiger partial charge < -0.3 is 9.40 Å². The standard InChI is InChI=1S/C27H36N6O2/c1-7-10-24(25-29-30-31-33(25)27(5,6)8-2)32(17-21-11-9-12-35-21)16-20-15-22-19(4)13-18(3)14-23(22)28-26(20)34/h9,11-15,24H,7-8,10,16-17H2,1-6H3,(H,28,34)/t24-/m1/s1. The number of tetrazole rings is 1. The van der Waals surface area contributed by atoms with Crippen molar-refractivity contribution in [3.63, 3.8) is 0 Å². The number of nitrogens with one attached hydrogen (secondary N) is 1. The van der Waals surface area contributed by atoms with Crippen molar-refractivity contribution in [2.24, 2.45) is 0 Å². The molecule has 0 bridgehead atoms. The molecule has 3 heterocycles. The van der Waals surface area contributed by atoms with Gasteiger partial charge >= 0.3 is 0 Å². The molecule has 0 saturated carbocycles. The zero-order valence-electron chi connectivity index (χ0n) is 21.6. The number of hydrogen-bond acceptors (Lipinski definition) is 6. The van der Waals surface area contributed by atoms with Crippen LogP contribution in [0.15, 0.2) is 45.8 Å². The molecule has 0 saturated heterocycles. The zero-order chi connectivity index (χ0) is 25.2. The van der Waals surface area contributed by atoms with Gasteiger partial charge in [-0.25, -0.2) is 4.68 Å². The lowest BCUT2D eigenvalue weighted by molar-refractivity contribution is 0.135. The molecule has 0 aliphatic rings. The van der Waals surface area contributed by atoms with Crippen molar-refractivity contribution in [2.75, 3.05) is 0 Å². The number of fused-ring (bicyclic) bond motifs is 1. The second kappa shape index (κ2) is 10.2. The summed E-state index contributed by atoms with van der Waals surface area (Å²) in [6.45, 7) is 13.7. The van der Waals surface area contributed by atoms with E-state index in [9.17, 15) is 4.79 Å². The van der Waals surface area contributed by atoms with E-state index in [0.29, 0.717) is 18.7 Å². The van der Waals surface area contributed by atoms with Crippen LogP contribution >= 0.6 is 0 Å². The Morgan fingerprint density at radius 3 is 2.66 bits per heavy atom. The molecule has 3 aromatic heterocycles. The number of aromatic nitrogens is 5. The van der Waals surface area contributed by atoms with E-state index in [1.165, 1.54) is 0 Å². The maximum atomic E-state index is 13.2. The highest BCUT2D eigenvalue weighted by atomic mass is 16.3. The van der Waals surface area contributed by atoms with Crippen LogP contribution in [-0.4, -0.2) is 30.1 Å². The smallest absolute Gasteiger partial charge is 0.252 e. The summed E-state index contributed by atoms with van der Waals surface area (Å²) in [4.78, 5) is 18.5. The molecule has 1 N–H and O–H groups in total. The van der Waals surface area contributed by atoms with Gasteiger partial charge in [0.15, 0.2) is 5.82 Å². The molecule has 0 radical (unpaired) electrons. The first kappa shape index (κ1) is 24.9. The number of benzene rings is 1. The Balaban J connectivity index is 1.79. The van der Waals surface area contributed by atoms with Gasteiger partial charge in [0.2, 0.25) is 0 Å². The predicted molar refractivity (Wildman–Crippen MR) is 137 cm³/mol. The molecule has 1 atom stereocenters. The van der Waals surface area contributed by atoms with Crippen LogP contribution < -0.4 is 5.56 Å². The third kappa shape index (κ3) is 5.22. The van der Waals surface area contributed by atoms with E-state index in [1.54, 1.807) is 6.26 Å². The van der Waals surface area contributed by atoms with Gasteiger partial charge in [0.1, 0.15) is 5.76 Å². The van der Waals surface area contributed by atoms with Gasteiger partial charge in [-0.3, -0.25) is 9.69 Å². The number of pyridine rings is 1. The molecule has 186 valence electrons. The molecule has 0 aliphatic carbocycles. The monoisotopic (exact) mass is 476 g/mol. The molecule has 0 spiro atoms. The fraction of sp³-hybridized carbons (Fsp3) is 0.481. The Bertz CT molecular complexity index is 1340. The van der Waals surface area contributed by atoms with E-state index in [-0.39, 0.29) is 17.1 Å². The number of aromatic amines is 1. The van der Waals surface area contributed by atoms with Crippen LogP contribution in [-0.2, 0) is 18.6 Å². The van der Waals surface area contributed by atoms with Gasteiger partial charge in [-0.15, -0.1) is 5.10 Å². The van der Waals surface area contributed by atoms with Crippen molar-refractivity contribution in [2.45, 2.75) is 85.5 Å². The lowest BCUT2D eigenvalue weighted by Crippen LogP contribution is -2.36. The molecular weight excluding hydrogens is 440 g/mol. The molecule has 0 amide bonds. The SMILES string of the molecule is CCC[C@H](c1nnnn1C(C)(C)CC)N(Cc1ccco1)Cc1cc2c(C)cc(C)cc2[nH]c1=O. The van der Waals surface area contributed by atoms with E-state index < -0.39 is 0 Å². The van der Waals surface area contributed by atoms with Crippen LogP contribution in [0.3, 0.4) is 0 Å². The van der Waals surface area contributed by atoms with E-state index >= 15 is 0 Å². The maximum Gasteiger partial charge on any atom is 0.252 e. The van der Waals surface area contributed by atoms with Crippen molar-refractivity contribution < 1.29 is 4.42 Å². The third-order valence-corrected chi connectivity index (χ3v) is 6.94. The first-order valence-electron chi connectivity index (χ1n) is 12.4. The van der Waals surface area contributed by atoms with Crippen LogP contribution in [0.2, 0.25) is 0 Å². The highest BCUT2D eigenvalue weighted by molar-refractivity contribution is 5.83. The second-order valence-electron chi connectivity index (χ2n) is 10.1. The molecule has 0 fully saturated rings. The largest absolute Gasteiger partial charge is 0.468 e. The molecule has 35 heavy (non-hydrogen) atoms. The van der Waals surface area contributed by atoms with Crippen LogP contribution in [0.25, 0.3) is 10.9 Å². The number of aryl methyl sites for hydroxylation is 2. The predicted octanol–water partition coefficient (Wildman–Crippen LogP) is 5.41. The topological polar surface area (TPSA) is 92.8 Å². The number of H-pyrrole nitrogens is 1. The van der Waals surface area contributed by atoms with Gasteiger partial charge in [0, 0.05) is 23.0 Å². The summed E-state index contributed by atoms with van der Waals surface area (Å²) in [5, 5.41) is 14.0. The number of rotatable bonds is 10. The summed E-state index contributed by atoms with van der Waals surface area (Å²) in [6.07, 6.45) is 4.38. The van der Waals surface area contributed by atoms with Crippen molar-refractivity contribution >= 4 is 10.9 Å². The normalized spacial score (nSPS) is 13.1. The molecule has 1 aromatic carbocycles. The van der Waals surface area contributed by atoms with Crippen LogP contribution in [0.4, 0.5) is 0 Å². The third-order valence-electron chi connectivity index (χ3n) is 6.94. The minimum Gasteiger partial charge on any atom is -0.468 e. The summed E-state index contributed by atoms with van der Waals surface area (Å²) in [5.41, 5.74) is 3.56. The molecule has 0 unspecified atom stereocenters. The summed E-state index contributed by atoms with van der Waals surface area (Å²) < 4.78 is 7.66. The van der Waals surface area contributed by atoms with Crippen molar-refractivity contribution in [3.05, 3.63) is 75.2 Å². The Hall–Kier alpha value is -3.26. The number of furan rings is 1. The Morgan fingerprint density at radius 1 is 1.17 bits per heavy atom. The lowest BCUT2D eigenvalue weighted by atomic mass is 10.00. The molecule has 4 aromatic rings. The molecular formula is C27H36N6O2. The first-order valence-corrected chi connectivity index (χ1v) is 12.4. The summed E-state index contributed by atoms with van der Waals surface area (Å²) in [7, 11) is 0. The summed E-state index contributed by atoms with van der Waals surface area (Å²) >= 11 is 0. The molecule has 8 nitrogen and oxygen atoms in total.